The van der Waals surface area contributed by atoms with Crippen LogP contribution in [0.2, 0.25) is 5.02 Å². The number of ether oxygens (including phenoxy) is 1. The van der Waals surface area contributed by atoms with E-state index in [0.29, 0.717) is 4.67 Å². The van der Waals surface area contributed by atoms with Gasteiger partial charge in [-0.3, -0.25) is 8.75 Å². The topological polar surface area (TPSA) is 43.6 Å². The van der Waals surface area contributed by atoms with E-state index in [1.807, 2.05) is 30.9 Å². The van der Waals surface area contributed by atoms with Gasteiger partial charge in [-0.2, -0.15) is 18.2 Å². The van der Waals surface area contributed by atoms with E-state index in [0.717, 1.165) is 24.8 Å². The fourth-order valence-electron chi connectivity index (χ4n) is 2.44. The van der Waals surface area contributed by atoms with E-state index >= 15 is 0 Å². The number of hydrogen-bond donors (Lipinski definition) is 0. The fraction of sp³-hybridized carbons (Fsp3) is 0.500. The van der Waals surface area contributed by atoms with Crippen LogP contribution in [-0.4, -0.2) is 22.6 Å². The standard InChI is InChI=1S/C20H24ClF3N2O2S/c1-5-6-7-13-11-26(19(2,3)4)29-18(13)25-17(27)15-10-14(21)8-9-16(15)28-12-20(22,23)24/h8-11H,5-7,12H2,1-4H3/b25-18-. The monoisotopic (exact) mass is 448 g/mol. The summed E-state index contributed by atoms with van der Waals surface area (Å²) in [5, 5.41) is 0.213. The van der Waals surface area contributed by atoms with Crippen LogP contribution in [0.1, 0.15) is 56.5 Å². The number of alkyl halides is 3. The zero-order valence-electron chi connectivity index (χ0n) is 16.8. The van der Waals surface area contributed by atoms with Crippen LogP contribution in [-0.2, 0) is 12.0 Å². The molecule has 4 nitrogen and oxygen atoms in total. The lowest BCUT2D eigenvalue weighted by molar-refractivity contribution is -0.153. The molecule has 0 radical (unpaired) electrons. The minimum atomic E-state index is -4.52. The number of aromatic nitrogens is 1. The summed E-state index contributed by atoms with van der Waals surface area (Å²) in [4.78, 5) is 17.0. The molecule has 0 aliphatic carbocycles. The average Bonchev–Trinajstić information content (AvgIpc) is 3.01. The first-order chi connectivity index (χ1) is 13.4. The number of amides is 1. The van der Waals surface area contributed by atoms with E-state index in [1.165, 1.54) is 29.7 Å². The number of nitrogens with zero attached hydrogens (tertiary/aromatic N) is 2. The molecule has 0 bridgehead atoms. The SMILES string of the molecule is CCCCc1cn(C(C)(C)C)s/c1=N\C(=O)c1cc(Cl)ccc1OCC(F)(F)F. The number of hydrogen-bond acceptors (Lipinski definition) is 3. The van der Waals surface area contributed by atoms with Crippen molar-refractivity contribution in [1.29, 1.82) is 0 Å². The lowest BCUT2D eigenvalue weighted by atomic mass is 10.1. The first kappa shape index (κ1) is 23.5. The third-order valence-electron chi connectivity index (χ3n) is 3.96. The van der Waals surface area contributed by atoms with Gasteiger partial charge in [0.15, 0.2) is 6.61 Å². The van der Waals surface area contributed by atoms with Gasteiger partial charge in [-0.05, 0) is 63.3 Å². The molecule has 0 atom stereocenters. The maximum absolute atomic E-state index is 12.8. The third kappa shape index (κ3) is 6.89. The maximum Gasteiger partial charge on any atom is 0.422 e. The fourth-order valence-corrected chi connectivity index (χ4v) is 3.65. The molecule has 29 heavy (non-hydrogen) atoms. The number of aryl methyl sites for hydroxylation is 1. The van der Waals surface area contributed by atoms with Crippen molar-refractivity contribution in [1.82, 2.24) is 3.96 Å². The quantitative estimate of drug-likeness (QED) is 0.545. The molecule has 0 spiro atoms. The first-order valence-electron chi connectivity index (χ1n) is 9.21. The minimum absolute atomic E-state index is 0.0982. The van der Waals surface area contributed by atoms with Crippen LogP contribution in [0.5, 0.6) is 5.75 Å². The zero-order chi connectivity index (χ0) is 21.8. The van der Waals surface area contributed by atoms with Crippen molar-refractivity contribution in [2.24, 2.45) is 4.99 Å². The highest BCUT2D eigenvalue weighted by Crippen LogP contribution is 2.26. The second kappa shape index (κ2) is 9.34. The number of carbonyl (C=O) groups is 1. The molecule has 0 aliphatic rings. The molecule has 0 saturated carbocycles. The summed E-state index contributed by atoms with van der Waals surface area (Å²) in [6.45, 7) is 6.69. The van der Waals surface area contributed by atoms with Crippen LogP contribution in [0.15, 0.2) is 29.4 Å². The van der Waals surface area contributed by atoms with Crippen LogP contribution in [0.3, 0.4) is 0 Å². The number of benzene rings is 1. The molecule has 0 unspecified atom stereocenters. The van der Waals surface area contributed by atoms with Gasteiger partial charge in [0.25, 0.3) is 5.91 Å². The summed E-state index contributed by atoms with van der Waals surface area (Å²) in [5.74, 6) is -0.888. The van der Waals surface area contributed by atoms with Gasteiger partial charge in [0, 0.05) is 22.3 Å². The summed E-state index contributed by atoms with van der Waals surface area (Å²) in [7, 11) is 0. The highest BCUT2D eigenvalue weighted by Gasteiger charge is 2.29. The number of unbranched alkanes of at least 4 members (excludes halogenated alkanes) is 1. The summed E-state index contributed by atoms with van der Waals surface area (Å²) in [5.41, 5.74) is 0.651. The smallest absolute Gasteiger partial charge is 0.422 e. The van der Waals surface area contributed by atoms with Crippen LogP contribution in [0.25, 0.3) is 0 Å². The van der Waals surface area contributed by atoms with Crippen molar-refractivity contribution in [3.8, 4) is 5.75 Å². The summed E-state index contributed by atoms with van der Waals surface area (Å²) < 4.78 is 44.9. The normalized spacial score (nSPS) is 13.0. The Kier molecular flexibility index (Phi) is 7.56. The van der Waals surface area contributed by atoms with E-state index in [-0.39, 0.29) is 21.9 Å². The van der Waals surface area contributed by atoms with E-state index in [2.05, 4.69) is 11.9 Å². The molecule has 0 aliphatic heterocycles. The van der Waals surface area contributed by atoms with Crippen molar-refractivity contribution >= 4 is 29.0 Å². The highest BCUT2D eigenvalue weighted by atomic mass is 35.5. The van der Waals surface area contributed by atoms with Gasteiger partial charge in [-0.25, -0.2) is 0 Å². The van der Waals surface area contributed by atoms with Crippen molar-refractivity contribution in [2.45, 2.75) is 58.7 Å². The molecule has 1 heterocycles. The van der Waals surface area contributed by atoms with Crippen molar-refractivity contribution < 1.29 is 22.7 Å². The summed E-state index contributed by atoms with van der Waals surface area (Å²) in [6, 6.07) is 3.89. The van der Waals surface area contributed by atoms with E-state index in [4.69, 9.17) is 16.3 Å². The molecule has 2 rings (SSSR count). The van der Waals surface area contributed by atoms with Gasteiger partial charge in [-0.1, -0.05) is 24.9 Å². The van der Waals surface area contributed by atoms with Gasteiger partial charge in [0.1, 0.15) is 10.4 Å². The van der Waals surface area contributed by atoms with Gasteiger partial charge in [0.05, 0.1) is 5.56 Å². The molecule has 1 amide bonds. The number of halogens is 4. The highest BCUT2D eigenvalue weighted by molar-refractivity contribution is 7.04. The van der Waals surface area contributed by atoms with Gasteiger partial charge in [-0.15, -0.1) is 0 Å². The third-order valence-corrected chi connectivity index (χ3v) is 5.57. The molecule has 2 aromatic rings. The number of carbonyl (C=O) groups excluding carboxylic acids is 1. The molecule has 1 aromatic carbocycles. The van der Waals surface area contributed by atoms with E-state index in [9.17, 15) is 18.0 Å². The molecule has 1 aromatic heterocycles. The van der Waals surface area contributed by atoms with Gasteiger partial charge < -0.3 is 4.74 Å². The molecule has 9 heteroatoms. The number of rotatable bonds is 6. The van der Waals surface area contributed by atoms with Crippen molar-refractivity contribution in [3.63, 3.8) is 0 Å². The molecule has 0 N–H and O–H groups in total. The Morgan fingerprint density at radius 3 is 2.55 bits per heavy atom. The lowest BCUT2D eigenvalue weighted by Gasteiger charge is -2.19. The van der Waals surface area contributed by atoms with Gasteiger partial charge >= 0.3 is 6.18 Å². The Hall–Kier alpha value is -1.80. The molecular weight excluding hydrogens is 425 g/mol. The Balaban J connectivity index is 2.46. The molecule has 0 fully saturated rings. The van der Waals surface area contributed by atoms with E-state index < -0.39 is 18.7 Å². The second-order valence-corrected chi connectivity index (χ2v) is 9.01. The van der Waals surface area contributed by atoms with Crippen molar-refractivity contribution in [3.05, 3.63) is 45.2 Å². The zero-order valence-corrected chi connectivity index (χ0v) is 18.3. The van der Waals surface area contributed by atoms with Gasteiger partial charge in [0.2, 0.25) is 0 Å². The Bertz CT molecular complexity index is 927. The van der Waals surface area contributed by atoms with Crippen LogP contribution in [0.4, 0.5) is 13.2 Å². The largest absolute Gasteiger partial charge is 0.483 e. The minimum Gasteiger partial charge on any atom is -0.483 e. The maximum atomic E-state index is 12.8. The predicted octanol–water partition coefficient (Wildman–Crippen LogP) is 5.98. The van der Waals surface area contributed by atoms with Crippen molar-refractivity contribution in [2.75, 3.05) is 6.61 Å². The average molecular weight is 449 g/mol. The molecule has 160 valence electrons. The lowest BCUT2D eigenvalue weighted by Crippen LogP contribution is -2.20. The summed E-state index contributed by atoms with van der Waals surface area (Å²) >= 11 is 7.29. The van der Waals surface area contributed by atoms with Crippen LogP contribution < -0.4 is 9.41 Å². The Labute approximate surface area is 177 Å². The molecular formula is C20H24ClF3N2O2S. The first-order valence-corrected chi connectivity index (χ1v) is 10.4. The van der Waals surface area contributed by atoms with Crippen LogP contribution in [0, 0.1) is 0 Å². The van der Waals surface area contributed by atoms with E-state index in [1.54, 1.807) is 0 Å². The summed E-state index contributed by atoms with van der Waals surface area (Å²) in [6.07, 6.45) is 0.147. The predicted molar refractivity (Wildman–Crippen MR) is 109 cm³/mol. The molecule has 0 saturated heterocycles. The Morgan fingerprint density at radius 1 is 1.28 bits per heavy atom. The second-order valence-electron chi connectivity index (χ2n) is 7.61. The van der Waals surface area contributed by atoms with Crippen LogP contribution >= 0.6 is 23.1 Å². The Morgan fingerprint density at radius 2 is 1.97 bits per heavy atom.